The van der Waals surface area contributed by atoms with Crippen LogP contribution in [0.2, 0.25) is 0 Å². The van der Waals surface area contributed by atoms with Gasteiger partial charge in [-0.1, -0.05) is 0 Å². The van der Waals surface area contributed by atoms with Crippen LogP contribution < -0.4 is 0 Å². The van der Waals surface area contributed by atoms with Gasteiger partial charge in [-0.15, -0.1) is 0 Å². The van der Waals surface area contributed by atoms with Crippen LogP contribution in [0.5, 0.6) is 0 Å². The third-order valence-electron chi connectivity index (χ3n) is 3.36. The highest BCUT2D eigenvalue weighted by atomic mass is 16.6. The van der Waals surface area contributed by atoms with Crippen molar-refractivity contribution in [1.82, 2.24) is 4.90 Å². The largest absolute Gasteiger partial charge is 0.444 e. The highest BCUT2D eigenvalue weighted by Crippen LogP contribution is 2.45. The molecule has 0 bridgehead atoms. The summed E-state index contributed by atoms with van der Waals surface area (Å²) in [7, 11) is 0. The van der Waals surface area contributed by atoms with E-state index in [1.807, 2.05) is 20.8 Å². The fourth-order valence-corrected chi connectivity index (χ4v) is 2.23. The highest BCUT2D eigenvalue weighted by Gasteiger charge is 2.50. The summed E-state index contributed by atoms with van der Waals surface area (Å²) in [5.41, 5.74) is -0.914. The average Bonchev–Trinajstić information content (AvgIpc) is 2.71. The monoisotopic (exact) mass is 227 g/mol. The Morgan fingerprint density at radius 1 is 1.44 bits per heavy atom. The number of carbonyl (C=O) groups excluding carboxylic acids is 1. The fourth-order valence-electron chi connectivity index (χ4n) is 2.23. The second kappa shape index (κ2) is 3.62. The first kappa shape index (κ1) is 11.7. The molecule has 0 aromatic rings. The van der Waals surface area contributed by atoms with Gasteiger partial charge in [-0.25, -0.2) is 4.79 Å². The third-order valence-corrected chi connectivity index (χ3v) is 3.36. The van der Waals surface area contributed by atoms with E-state index in [1.165, 1.54) is 0 Å². The Balaban J connectivity index is 1.86. The van der Waals surface area contributed by atoms with Gasteiger partial charge in [0.1, 0.15) is 5.60 Å². The molecule has 1 aliphatic carbocycles. The van der Waals surface area contributed by atoms with Crippen LogP contribution in [0, 0.1) is 5.92 Å². The Hall–Kier alpha value is -0.770. The quantitative estimate of drug-likeness (QED) is 0.742. The Bertz CT molecular complexity index is 291. The molecule has 2 rings (SSSR count). The highest BCUT2D eigenvalue weighted by molar-refractivity contribution is 5.68. The molecule has 1 N–H and O–H groups in total. The zero-order valence-electron chi connectivity index (χ0n) is 10.3. The smallest absolute Gasteiger partial charge is 0.410 e. The molecular formula is C12H21NO3. The molecule has 1 saturated carbocycles. The molecule has 0 aromatic carbocycles. The van der Waals surface area contributed by atoms with E-state index in [4.69, 9.17) is 4.74 Å². The number of rotatable bonds is 1. The van der Waals surface area contributed by atoms with Gasteiger partial charge < -0.3 is 14.7 Å². The molecule has 0 aromatic heterocycles. The summed E-state index contributed by atoms with van der Waals surface area (Å²) in [6.07, 6.45) is 2.43. The molecule has 1 amide bonds. The lowest BCUT2D eigenvalue weighted by Crippen LogP contribution is -2.36. The fraction of sp³-hybridized carbons (Fsp3) is 0.917. The summed E-state index contributed by atoms with van der Waals surface area (Å²) < 4.78 is 5.31. The second-order valence-electron chi connectivity index (χ2n) is 6.02. The van der Waals surface area contributed by atoms with Crippen LogP contribution in [0.15, 0.2) is 0 Å². The molecule has 1 saturated heterocycles. The van der Waals surface area contributed by atoms with Crippen molar-refractivity contribution in [3.05, 3.63) is 0 Å². The predicted octanol–water partition coefficient (Wildman–Crippen LogP) is 1.77. The van der Waals surface area contributed by atoms with Crippen LogP contribution in [0.3, 0.4) is 0 Å². The van der Waals surface area contributed by atoms with Crippen molar-refractivity contribution in [1.29, 1.82) is 0 Å². The van der Waals surface area contributed by atoms with Crippen molar-refractivity contribution in [3.63, 3.8) is 0 Å². The summed E-state index contributed by atoms with van der Waals surface area (Å²) in [6, 6.07) is 0. The lowest BCUT2D eigenvalue weighted by atomic mass is 10.00. The molecular weight excluding hydrogens is 206 g/mol. The first-order valence-corrected chi connectivity index (χ1v) is 6.00. The molecule has 16 heavy (non-hydrogen) atoms. The number of hydrogen-bond acceptors (Lipinski definition) is 3. The van der Waals surface area contributed by atoms with Gasteiger partial charge in [0.05, 0.1) is 5.60 Å². The molecule has 0 spiro atoms. The number of ether oxygens (including phenoxy) is 1. The van der Waals surface area contributed by atoms with Gasteiger partial charge in [-0.05, 0) is 40.0 Å². The van der Waals surface area contributed by atoms with E-state index in [0.717, 1.165) is 19.3 Å². The number of likely N-dealkylation sites (tertiary alicyclic amines) is 1. The summed E-state index contributed by atoms with van der Waals surface area (Å²) in [6.45, 7) is 6.96. The Kier molecular flexibility index (Phi) is 2.65. The van der Waals surface area contributed by atoms with Crippen LogP contribution in [0.4, 0.5) is 4.79 Å². The van der Waals surface area contributed by atoms with Gasteiger partial charge in [-0.2, -0.15) is 0 Å². The average molecular weight is 227 g/mol. The van der Waals surface area contributed by atoms with E-state index >= 15 is 0 Å². The van der Waals surface area contributed by atoms with Gasteiger partial charge in [-0.3, -0.25) is 0 Å². The maximum atomic E-state index is 11.8. The number of amides is 1. The zero-order chi connectivity index (χ0) is 12.0. The summed E-state index contributed by atoms with van der Waals surface area (Å²) in [4.78, 5) is 13.5. The number of aliphatic hydroxyl groups is 1. The van der Waals surface area contributed by atoms with Crippen LogP contribution in [0.25, 0.3) is 0 Å². The van der Waals surface area contributed by atoms with Gasteiger partial charge >= 0.3 is 6.09 Å². The van der Waals surface area contributed by atoms with E-state index in [1.54, 1.807) is 4.90 Å². The molecule has 4 nitrogen and oxygen atoms in total. The topological polar surface area (TPSA) is 49.8 Å². The Labute approximate surface area is 96.6 Å². The SMILES string of the molecule is CC(C)(C)OC(=O)N1CCC(C2(O)CC2)C1. The van der Waals surface area contributed by atoms with Crippen LogP contribution in [-0.4, -0.2) is 40.4 Å². The standard InChI is InChI=1S/C12H21NO3/c1-11(2,3)16-10(14)13-7-4-9(8-13)12(15)5-6-12/h9,15H,4-8H2,1-3H3. The van der Waals surface area contributed by atoms with Crippen LogP contribution in [-0.2, 0) is 4.74 Å². The van der Waals surface area contributed by atoms with Crippen molar-refractivity contribution in [3.8, 4) is 0 Å². The third kappa shape index (κ3) is 2.48. The normalized spacial score (nSPS) is 28.0. The lowest BCUT2D eigenvalue weighted by Gasteiger charge is -2.25. The van der Waals surface area contributed by atoms with E-state index < -0.39 is 11.2 Å². The minimum atomic E-state index is -0.475. The van der Waals surface area contributed by atoms with Crippen molar-refractivity contribution in [2.24, 2.45) is 5.92 Å². The Morgan fingerprint density at radius 3 is 2.56 bits per heavy atom. The van der Waals surface area contributed by atoms with Crippen LogP contribution >= 0.6 is 0 Å². The van der Waals surface area contributed by atoms with Gasteiger partial charge in [0.2, 0.25) is 0 Å². The molecule has 2 fully saturated rings. The number of hydrogen-bond donors (Lipinski definition) is 1. The molecule has 2 aliphatic rings. The van der Waals surface area contributed by atoms with E-state index in [9.17, 15) is 9.90 Å². The molecule has 1 heterocycles. The minimum Gasteiger partial charge on any atom is -0.444 e. The number of carbonyl (C=O) groups is 1. The molecule has 4 heteroatoms. The first-order valence-electron chi connectivity index (χ1n) is 6.00. The maximum Gasteiger partial charge on any atom is 0.410 e. The molecule has 92 valence electrons. The minimum absolute atomic E-state index is 0.250. The number of nitrogens with zero attached hydrogens (tertiary/aromatic N) is 1. The van der Waals surface area contributed by atoms with E-state index in [-0.39, 0.29) is 12.0 Å². The van der Waals surface area contributed by atoms with Crippen LogP contribution in [0.1, 0.15) is 40.0 Å². The lowest BCUT2D eigenvalue weighted by molar-refractivity contribution is 0.0258. The van der Waals surface area contributed by atoms with Crippen molar-refractivity contribution in [2.45, 2.75) is 51.2 Å². The second-order valence-corrected chi connectivity index (χ2v) is 6.02. The van der Waals surface area contributed by atoms with Gasteiger partial charge in [0.15, 0.2) is 0 Å². The van der Waals surface area contributed by atoms with Crippen molar-refractivity contribution >= 4 is 6.09 Å². The van der Waals surface area contributed by atoms with Gasteiger partial charge in [0, 0.05) is 19.0 Å². The maximum absolute atomic E-state index is 11.8. The van der Waals surface area contributed by atoms with Gasteiger partial charge in [0.25, 0.3) is 0 Å². The molecule has 1 atom stereocenters. The van der Waals surface area contributed by atoms with E-state index in [0.29, 0.717) is 13.1 Å². The van der Waals surface area contributed by atoms with E-state index in [2.05, 4.69) is 0 Å². The molecule has 0 radical (unpaired) electrons. The summed E-state index contributed by atoms with van der Waals surface area (Å²) >= 11 is 0. The predicted molar refractivity (Wildman–Crippen MR) is 60.1 cm³/mol. The molecule has 1 aliphatic heterocycles. The zero-order valence-corrected chi connectivity index (χ0v) is 10.3. The van der Waals surface area contributed by atoms with Crippen molar-refractivity contribution < 1.29 is 14.6 Å². The van der Waals surface area contributed by atoms with Crippen molar-refractivity contribution in [2.75, 3.05) is 13.1 Å². The first-order chi connectivity index (χ1) is 7.30. The summed E-state index contributed by atoms with van der Waals surface area (Å²) in [5, 5.41) is 9.98. The Morgan fingerprint density at radius 2 is 2.06 bits per heavy atom. The molecule has 1 unspecified atom stereocenters. The summed E-state index contributed by atoms with van der Waals surface area (Å²) in [5.74, 6) is 0.250.